The Morgan fingerprint density at radius 1 is 1.32 bits per heavy atom. The van der Waals surface area contributed by atoms with Crippen LogP contribution in [0.15, 0.2) is 42.6 Å². The van der Waals surface area contributed by atoms with Crippen LogP contribution in [0.4, 0.5) is 4.39 Å². The summed E-state index contributed by atoms with van der Waals surface area (Å²) < 4.78 is 36.6. The zero-order valence-electron chi connectivity index (χ0n) is 13.8. The quantitative estimate of drug-likeness (QED) is 0.904. The highest BCUT2D eigenvalue weighted by atomic mass is 32.2. The summed E-state index contributed by atoms with van der Waals surface area (Å²) in [6.07, 6.45) is 2.34. The van der Waals surface area contributed by atoms with Gasteiger partial charge in [0.1, 0.15) is 5.82 Å². The van der Waals surface area contributed by atoms with Crippen LogP contribution < -0.4 is 5.32 Å². The summed E-state index contributed by atoms with van der Waals surface area (Å²) in [5, 5.41) is 2.82. The number of nitrogens with one attached hydrogen (secondary N) is 1. The lowest BCUT2D eigenvalue weighted by molar-refractivity contribution is 0.0915. The molecule has 1 aliphatic rings. The van der Waals surface area contributed by atoms with Crippen molar-refractivity contribution < 1.29 is 17.6 Å². The molecule has 1 aromatic carbocycles. The van der Waals surface area contributed by atoms with Crippen LogP contribution in [0.3, 0.4) is 0 Å². The second-order valence-electron chi connectivity index (χ2n) is 6.70. The molecule has 7 heteroatoms. The Kier molecular flexibility index (Phi) is 4.60. The van der Waals surface area contributed by atoms with Crippen molar-refractivity contribution in [3.05, 3.63) is 65.2 Å². The Balaban J connectivity index is 1.74. The summed E-state index contributed by atoms with van der Waals surface area (Å²) in [4.78, 5) is 16.7. The third-order valence-electron chi connectivity index (χ3n) is 4.27. The number of nitrogens with zero attached hydrogens (tertiary/aromatic N) is 1. The molecule has 0 radical (unpaired) electrons. The molecule has 25 heavy (non-hydrogen) atoms. The maximum absolute atomic E-state index is 13.3. The van der Waals surface area contributed by atoms with Crippen LogP contribution in [-0.4, -0.2) is 36.4 Å². The minimum atomic E-state index is -3.10. The number of aromatic nitrogens is 1. The summed E-state index contributed by atoms with van der Waals surface area (Å²) >= 11 is 0. The Hall–Kier alpha value is -2.28. The fraction of sp³-hybridized carbons (Fsp3) is 0.333. The maximum Gasteiger partial charge on any atom is 0.251 e. The molecule has 2 aromatic rings. The highest BCUT2D eigenvalue weighted by Gasteiger charge is 2.39. The fourth-order valence-electron chi connectivity index (χ4n) is 3.03. The lowest BCUT2D eigenvalue weighted by atomic mass is 10.0. The lowest BCUT2D eigenvalue weighted by Crippen LogP contribution is -2.46. The van der Waals surface area contributed by atoms with E-state index in [0.29, 0.717) is 24.1 Å². The number of hydrogen-bond acceptors (Lipinski definition) is 4. The standard InChI is InChI=1S/C18H19FN2O3S/c1-18(6-8-25(23,24)12-18)21-17(22)14-5-7-20-16(11-14)10-13-3-2-4-15(19)9-13/h2-5,7,9,11H,6,8,10,12H2,1H3,(H,21,22). The van der Waals surface area contributed by atoms with Crippen LogP contribution in [0.1, 0.15) is 35.0 Å². The van der Waals surface area contributed by atoms with Gasteiger partial charge in [0.05, 0.1) is 17.0 Å². The van der Waals surface area contributed by atoms with Gasteiger partial charge in [-0.2, -0.15) is 0 Å². The van der Waals surface area contributed by atoms with Gasteiger partial charge in [0.25, 0.3) is 5.91 Å². The van der Waals surface area contributed by atoms with Gasteiger partial charge < -0.3 is 5.32 Å². The third-order valence-corrected chi connectivity index (χ3v) is 6.17. The Morgan fingerprint density at radius 2 is 2.12 bits per heavy atom. The fourth-order valence-corrected chi connectivity index (χ4v) is 5.12. The van der Waals surface area contributed by atoms with Crippen LogP contribution in [0.25, 0.3) is 0 Å². The SMILES string of the molecule is CC1(NC(=O)c2ccnc(Cc3cccc(F)c3)c2)CCS(=O)(=O)C1. The monoisotopic (exact) mass is 362 g/mol. The zero-order valence-corrected chi connectivity index (χ0v) is 14.6. The number of benzene rings is 1. The van der Waals surface area contributed by atoms with Crippen LogP contribution in [-0.2, 0) is 16.3 Å². The first-order valence-electron chi connectivity index (χ1n) is 7.97. The van der Waals surface area contributed by atoms with E-state index >= 15 is 0 Å². The van der Waals surface area contributed by atoms with Gasteiger partial charge in [0, 0.05) is 23.9 Å². The third kappa shape index (κ3) is 4.42. The van der Waals surface area contributed by atoms with Crippen LogP contribution >= 0.6 is 0 Å². The molecular formula is C18H19FN2O3S. The molecule has 0 saturated carbocycles. The molecule has 1 unspecified atom stereocenters. The predicted molar refractivity (Wildman–Crippen MR) is 92.6 cm³/mol. The molecule has 1 amide bonds. The number of amides is 1. The van der Waals surface area contributed by atoms with E-state index in [-0.39, 0.29) is 23.2 Å². The van der Waals surface area contributed by atoms with Crippen LogP contribution in [0.2, 0.25) is 0 Å². The van der Waals surface area contributed by atoms with Crippen molar-refractivity contribution in [2.75, 3.05) is 11.5 Å². The molecule has 1 aliphatic heterocycles. The molecule has 0 aliphatic carbocycles. The van der Waals surface area contributed by atoms with Crippen molar-refractivity contribution in [1.29, 1.82) is 0 Å². The Bertz CT molecular complexity index is 914. The number of carbonyl (C=O) groups is 1. The molecule has 132 valence electrons. The van der Waals surface area contributed by atoms with Gasteiger partial charge in [0.15, 0.2) is 9.84 Å². The lowest BCUT2D eigenvalue weighted by Gasteiger charge is -2.23. The highest BCUT2D eigenvalue weighted by molar-refractivity contribution is 7.91. The largest absolute Gasteiger partial charge is 0.346 e. The Labute approximate surface area is 146 Å². The number of sulfone groups is 1. The molecule has 1 saturated heterocycles. The first-order valence-corrected chi connectivity index (χ1v) is 9.79. The molecular weight excluding hydrogens is 343 g/mol. The summed E-state index contributed by atoms with van der Waals surface area (Å²) in [7, 11) is -3.10. The Morgan fingerprint density at radius 3 is 2.80 bits per heavy atom. The molecule has 0 bridgehead atoms. The molecule has 0 spiro atoms. The summed E-state index contributed by atoms with van der Waals surface area (Å²) in [5.41, 5.74) is 1.07. The molecule has 5 nitrogen and oxygen atoms in total. The van der Waals surface area contributed by atoms with Crippen molar-refractivity contribution >= 4 is 15.7 Å². The topological polar surface area (TPSA) is 76.1 Å². The summed E-state index contributed by atoms with van der Waals surface area (Å²) in [6.45, 7) is 1.74. The van der Waals surface area contributed by atoms with E-state index in [2.05, 4.69) is 10.3 Å². The molecule has 1 atom stereocenters. The number of halogens is 1. The van der Waals surface area contributed by atoms with Gasteiger partial charge in [-0.05, 0) is 43.2 Å². The summed E-state index contributed by atoms with van der Waals surface area (Å²) in [6, 6.07) is 9.45. The van der Waals surface area contributed by atoms with Gasteiger partial charge in [0.2, 0.25) is 0 Å². The van der Waals surface area contributed by atoms with E-state index in [0.717, 1.165) is 5.56 Å². The van der Waals surface area contributed by atoms with Crippen LogP contribution in [0, 0.1) is 5.82 Å². The van der Waals surface area contributed by atoms with E-state index in [9.17, 15) is 17.6 Å². The normalized spacial score (nSPS) is 21.8. The minimum Gasteiger partial charge on any atom is -0.346 e. The van der Waals surface area contributed by atoms with Crippen LogP contribution in [0.5, 0.6) is 0 Å². The second kappa shape index (κ2) is 6.55. The number of hydrogen-bond donors (Lipinski definition) is 1. The van der Waals surface area contributed by atoms with E-state index in [1.54, 1.807) is 31.2 Å². The van der Waals surface area contributed by atoms with Crippen molar-refractivity contribution in [1.82, 2.24) is 10.3 Å². The number of carbonyl (C=O) groups excluding carboxylic acids is 1. The average Bonchev–Trinajstić information content (AvgIpc) is 2.81. The molecule has 1 fully saturated rings. The van der Waals surface area contributed by atoms with E-state index in [1.807, 2.05) is 0 Å². The zero-order chi connectivity index (χ0) is 18.1. The smallest absolute Gasteiger partial charge is 0.251 e. The van der Waals surface area contributed by atoms with Gasteiger partial charge in [-0.15, -0.1) is 0 Å². The summed E-state index contributed by atoms with van der Waals surface area (Å²) in [5.74, 6) is -0.609. The van der Waals surface area contributed by atoms with E-state index in [4.69, 9.17) is 0 Å². The number of rotatable bonds is 4. The van der Waals surface area contributed by atoms with Gasteiger partial charge >= 0.3 is 0 Å². The van der Waals surface area contributed by atoms with Gasteiger partial charge in [-0.3, -0.25) is 9.78 Å². The first-order chi connectivity index (χ1) is 11.7. The van der Waals surface area contributed by atoms with E-state index < -0.39 is 15.4 Å². The molecule has 1 N–H and O–H groups in total. The van der Waals surface area contributed by atoms with Gasteiger partial charge in [-0.25, -0.2) is 12.8 Å². The maximum atomic E-state index is 13.3. The van der Waals surface area contributed by atoms with Crippen molar-refractivity contribution in [2.45, 2.75) is 25.3 Å². The first kappa shape index (κ1) is 17.5. The number of pyridine rings is 1. The van der Waals surface area contributed by atoms with Crippen molar-refractivity contribution in [3.8, 4) is 0 Å². The average molecular weight is 362 g/mol. The molecule has 1 aromatic heterocycles. The molecule has 3 rings (SSSR count). The van der Waals surface area contributed by atoms with E-state index in [1.165, 1.54) is 18.3 Å². The second-order valence-corrected chi connectivity index (χ2v) is 8.88. The highest BCUT2D eigenvalue weighted by Crippen LogP contribution is 2.23. The molecule has 2 heterocycles. The van der Waals surface area contributed by atoms with Gasteiger partial charge in [-0.1, -0.05) is 12.1 Å². The van der Waals surface area contributed by atoms with Crippen molar-refractivity contribution in [2.24, 2.45) is 0 Å². The van der Waals surface area contributed by atoms with Crippen molar-refractivity contribution in [3.63, 3.8) is 0 Å². The minimum absolute atomic E-state index is 0.0486. The predicted octanol–water partition coefficient (Wildman–Crippen LogP) is 2.12.